The average Bonchev–Trinajstić information content (AvgIpc) is 3.73. The lowest BCUT2D eigenvalue weighted by molar-refractivity contribution is 0.669. The zero-order valence-corrected chi connectivity index (χ0v) is 33.1. The summed E-state index contributed by atoms with van der Waals surface area (Å²) in [6.45, 7) is 0. The van der Waals surface area contributed by atoms with Crippen LogP contribution in [-0.2, 0) is 0 Å². The standard InChI is InChI=1S/C57H37N3O/c1-5-14-38(15-6-1)39-24-26-40(27-25-39)41-28-30-45(31-29-41)55-58-56(46-32-34-48(42-16-7-2-8-17-42)51(36-46)44-20-11-4-12-21-44)60-57(59-55)47-33-35-50-53(37-47)61-52-23-13-22-49(54(50)52)43-18-9-3-10-19-43/h1-37H. The Labute approximate surface area is 354 Å². The van der Waals surface area contributed by atoms with E-state index < -0.39 is 0 Å². The molecule has 286 valence electrons. The van der Waals surface area contributed by atoms with Gasteiger partial charge in [0, 0.05) is 27.5 Å². The maximum Gasteiger partial charge on any atom is 0.164 e. The zero-order chi connectivity index (χ0) is 40.5. The molecule has 0 unspecified atom stereocenters. The lowest BCUT2D eigenvalue weighted by Crippen LogP contribution is -2.00. The van der Waals surface area contributed by atoms with E-state index in [2.05, 4.69) is 194 Å². The summed E-state index contributed by atoms with van der Waals surface area (Å²) in [7, 11) is 0. The zero-order valence-electron chi connectivity index (χ0n) is 33.1. The van der Waals surface area contributed by atoms with E-state index in [1.807, 2.05) is 30.3 Å². The summed E-state index contributed by atoms with van der Waals surface area (Å²) in [6.07, 6.45) is 0. The van der Waals surface area contributed by atoms with Crippen molar-refractivity contribution in [3.63, 3.8) is 0 Å². The molecule has 0 radical (unpaired) electrons. The van der Waals surface area contributed by atoms with Gasteiger partial charge in [-0.2, -0.15) is 0 Å². The fourth-order valence-electron chi connectivity index (χ4n) is 8.29. The first-order valence-corrected chi connectivity index (χ1v) is 20.5. The van der Waals surface area contributed by atoms with Crippen molar-refractivity contribution in [2.45, 2.75) is 0 Å². The Bertz CT molecular complexity index is 3310. The molecule has 11 rings (SSSR count). The summed E-state index contributed by atoms with van der Waals surface area (Å²) in [6, 6.07) is 78.2. The predicted octanol–water partition coefficient (Wildman–Crippen LogP) is 15.1. The summed E-state index contributed by atoms with van der Waals surface area (Å²) in [5.74, 6) is 1.75. The lowest BCUT2D eigenvalue weighted by atomic mass is 9.92. The van der Waals surface area contributed by atoms with E-state index in [1.54, 1.807) is 0 Å². The van der Waals surface area contributed by atoms with Crippen molar-refractivity contribution in [3.8, 4) is 89.8 Å². The van der Waals surface area contributed by atoms with Crippen LogP contribution in [0.25, 0.3) is 112 Å². The second-order valence-corrected chi connectivity index (χ2v) is 15.2. The van der Waals surface area contributed by atoms with Crippen molar-refractivity contribution in [2.75, 3.05) is 0 Å². The van der Waals surface area contributed by atoms with Crippen molar-refractivity contribution in [1.29, 1.82) is 0 Å². The molecule has 0 atom stereocenters. The van der Waals surface area contributed by atoms with Gasteiger partial charge in [0.15, 0.2) is 17.5 Å². The van der Waals surface area contributed by atoms with E-state index in [1.165, 1.54) is 11.1 Å². The molecule has 0 aliphatic carbocycles. The van der Waals surface area contributed by atoms with Gasteiger partial charge in [0.2, 0.25) is 0 Å². The van der Waals surface area contributed by atoms with E-state index in [9.17, 15) is 0 Å². The first-order valence-electron chi connectivity index (χ1n) is 20.5. The third-order valence-corrected chi connectivity index (χ3v) is 11.4. The molecule has 2 heterocycles. The summed E-state index contributed by atoms with van der Waals surface area (Å²) in [5.41, 5.74) is 15.7. The third kappa shape index (κ3) is 6.96. The summed E-state index contributed by atoms with van der Waals surface area (Å²) in [4.78, 5) is 15.5. The Balaban J connectivity index is 1.03. The molecule has 4 heteroatoms. The van der Waals surface area contributed by atoms with Crippen molar-refractivity contribution >= 4 is 21.9 Å². The summed E-state index contributed by atoms with van der Waals surface area (Å²) < 4.78 is 6.54. The van der Waals surface area contributed by atoms with Crippen molar-refractivity contribution in [2.24, 2.45) is 0 Å². The molecule has 0 fully saturated rings. The highest BCUT2D eigenvalue weighted by Gasteiger charge is 2.18. The normalized spacial score (nSPS) is 11.3. The minimum absolute atomic E-state index is 0.569. The summed E-state index contributed by atoms with van der Waals surface area (Å²) >= 11 is 0. The molecular formula is C57H37N3O. The van der Waals surface area contributed by atoms with Crippen LogP contribution in [0.5, 0.6) is 0 Å². The van der Waals surface area contributed by atoms with Gasteiger partial charge in [0.05, 0.1) is 0 Å². The number of furan rings is 1. The highest BCUT2D eigenvalue weighted by Crippen LogP contribution is 2.39. The van der Waals surface area contributed by atoms with Gasteiger partial charge in [-0.15, -0.1) is 0 Å². The first-order chi connectivity index (χ1) is 30.2. The molecule has 0 aliphatic heterocycles. The average molecular weight is 780 g/mol. The van der Waals surface area contributed by atoms with Crippen LogP contribution in [0.15, 0.2) is 229 Å². The van der Waals surface area contributed by atoms with Crippen molar-refractivity contribution in [1.82, 2.24) is 15.0 Å². The minimum Gasteiger partial charge on any atom is -0.456 e. The maximum absolute atomic E-state index is 6.54. The van der Waals surface area contributed by atoms with Gasteiger partial charge in [0.25, 0.3) is 0 Å². The van der Waals surface area contributed by atoms with E-state index in [0.29, 0.717) is 17.5 Å². The monoisotopic (exact) mass is 779 g/mol. The lowest BCUT2D eigenvalue weighted by Gasteiger charge is -2.14. The Kier molecular flexibility index (Phi) is 9.14. The molecule has 0 saturated carbocycles. The van der Waals surface area contributed by atoms with Crippen LogP contribution in [0.2, 0.25) is 0 Å². The minimum atomic E-state index is 0.569. The largest absolute Gasteiger partial charge is 0.456 e. The van der Waals surface area contributed by atoms with Crippen LogP contribution in [0.3, 0.4) is 0 Å². The van der Waals surface area contributed by atoms with Gasteiger partial charge >= 0.3 is 0 Å². The second-order valence-electron chi connectivity index (χ2n) is 15.2. The number of aromatic nitrogens is 3. The van der Waals surface area contributed by atoms with E-state index >= 15 is 0 Å². The molecule has 61 heavy (non-hydrogen) atoms. The molecular weight excluding hydrogens is 743 g/mol. The van der Waals surface area contributed by atoms with Crippen LogP contribution in [0.1, 0.15) is 0 Å². The highest BCUT2D eigenvalue weighted by molar-refractivity contribution is 6.13. The topological polar surface area (TPSA) is 51.8 Å². The number of fused-ring (bicyclic) bond motifs is 3. The smallest absolute Gasteiger partial charge is 0.164 e. The van der Waals surface area contributed by atoms with Gasteiger partial charge < -0.3 is 4.42 Å². The Morgan fingerprint density at radius 2 is 0.656 bits per heavy atom. The molecule has 0 N–H and O–H groups in total. The van der Waals surface area contributed by atoms with Crippen molar-refractivity contribution in [3.05, 3.63) is 224 Å². The van der Waals surface area contributed by atoms with Crippen LogP contribution < -0.4 is 0 Å². The SMILES string of the molecule is c1ccc(-c2ccc(-c3ccc(-c4nc(-c5ccc(-c6ccccc6)c(-c6ccccc6)c5)nc(-c5ccc6c(c5)oc5cccc(-c7ccccc7)c56)n4)cc3)cc2)cc1. The fraction of sp³-hybridized carbons (Fsp3) is 0. The molecule has 0 aliphatic rings. The van der Waals surface area contributed by atoms with Crippen LogP contribution >= 0.6 is 0 Å². The van der Waals surface area contributed by atoms with Gasteiger partial charge in [-0.3, -0.25) is 0 Å². The quantitative estimate of drug-likeness (QED) is 0.154. The maximum atomic E-state index is 6.54. The molecule has 0 spiro atoms. The fourth-order valence-corrected chi connectivity index (χ4v) is 8.29. The summed E-state index contributed by atoms with van der Waals surface area (Å²) in [5, 5.41) is 2.14. The second kappa shape index (κ2) is 15.5. The van der Waals surface area contributed by atoms with Gasteiger partial charge in [-0.25, -0.2) is 15.0 Å². The van der Waals surface area contributed by atoms with E-state index in [4.69, 9.17) is 19.4 Å². The Morgan fingerprint density at radius 1 is 0.246 bits per heavy atom. The van der Waals surface area contributed by atoms with Gasteiger partial charge in [-0.1, -0.05) is 200 Å². The van der Waals surface area contributed by atoms with Gasteiger partial charge in [-0.05, 0) is 79.9 Å². The Hall–Kier alpha value is -8.21. The third-order valence-electron chi connectivity index (χ3n) is 11.4. The van der Waals surface area contributed by atoms with E-state index in [-0.39, 0.29) is 0 Å². The van der Waals surface area contributed by atoms with E-state index in [0.717, 1.165) is 83.1 Å². The number of hydrogen-bond acceptors (Lipinski definition) is 4. The van der Waals surface area contributed by atoms with Crippen LogP contribution in [-0.4, -0.2) is 15.0 Å². The predicted molar refractivity (Wildman–Crippen MR) is 251 cm³/mol. The molecule has 4 nitrogen and oxygen atoms in total. The molecule has 0 bridgehead atoms. The Morgan fingerprint density at radius 3 is 1.21 bits per heavy atom. The van der Waals surface area contributed by atoms with Gasteiger partial charge in [0.1, 0.15) is 11.2 Å². The molecule has 0 amide bonds. The number of hydrogen-bond donors (Lipinski definition) is 0. The van der Waals surface area contributed by atoms with Crippen LogP contribution in [0.4, 0.5) is 0 Å². The number of benzene rings is 9. The first kappa shape index (κ1) is 35.9. The van der Waals surface area contributed by atoms with Crippen molar-refractivity contribution < 1.29 is 4.42 Å². The molecule has 9 aromatic carbocycles. The molecule has 2 aromatic heterocycles. The van der Waals surface area contributed by atoms with Crippen LogP contribution in [0, 0.1) is 0 Å². The number of rotatable bonds is 8. The molecule has 0 saturated heterocycles. The number of nitrogens with zero attached hydrogens (tertiary/aromatic N) is 3. The highest BCUT2D eigenvalue weighted by atomic mass is 16.3. The molecule has 11 aromatic rings.